The number of aliphatic hydroxyl groups is 1. The van der Waals surface area contributed by atoms with Crippen LogP contribution < -0.4 is 4.74 Å². The summed E-state index contributed by atoms with van der Waals surface area (Å²) in [5.74, 6) is -0.504. The quantitative estimate of drug-likeness (QED) is 0.324. The first-order valence-electron chi connectivity index (χ1n) is 8.50. The number of alkyl halides is 1. The van der Waals surface area contributed by atoms with Crippen molar-refractivity contribution in [2.45, 2.75) is 60.9 Å². The van der Waals surface area contributed by atoms with Crippen LogP contribution in [0, 0.1) is 10.1 Å². The second-order valence-electron chi connectivity index (χ2n) is 7.23. The van der Waals surface area contributed by atoms with E-state index < -0.39 is 52.0 Å². The van der Waals surface area contributed by atoms with Crippen LogP contribution in [0.4, 0.5) is 0 Å². The van der Waals surface area contributed by atoms with Gasteiger partial charge in [0.05, 0.1) is 0 Å². The number of rotatable bonds is 3. The number of para-hydroxylation sites is 1. The zero-order chi connectivity index (χ0) is 19.6. The van der Waals surface area contributed by atoms with E-state index in [1.165, 1.54) is 7.11 Å². The Bertz CT molecular complexity index is 760. The Kier molecular flexibility index (Phi) is 4.48. The molecule has 148 valence electrons. The van der Waals surface area contributed by atoms with E-state index in [0.717, 1.165) is 0 Å². The molecular weight excluding hydrogens is 426 g/mol. The van der Waals surface area contributed by atoms with Crippen molar-refractivity contribution >= 4 is 15.9 Å². The van der Waals surface area contributed by atoms with Crippen molar-refractivity contribution in [3.8, 4) is 5.75 Å². The van der Waals surface area contributed by atoms with Gasteiger partial charge in [-0.15, -0.1) is 0 Å². The van der Waals surface area contributed by atoms with Gasteiger partial charge >= 0.3 is 4.45 Å². The standard InChI is InChI=1S/C17H20BrNO8/c1-16(2)26-12-10(23-3)11(25-15(12)27-16)14-17(18,19(21)22)13(20)8-6-4-5-7-9(8)24-14/h4-7,10-15,20H,1-3H3/t10-,11-,12+,13-,14-,15+,17+/m0/s1. The molecule has 9 nitrogen and oxygen atoms in total. The first-order chi connectivity index (χ1) is 12.7. The largest absolute Gasteiger partial charge is 0.478 e. The molecule has 0 radical (unpaired) electrons. The van der Waals surface area contributed by atoms with Crippen LogP contribution in [-0.2, 0) is 18.9 Å². The average Bonchev–Trinajstić information content (AvgIpc) is 3.08. The number of ether oxygens (including phenoxy) is 5. The maximum atomic E-state index is 12.0. The normalized spacial score (nSPS) is 42.3. The summed E-state index contributed by atoms with van der Waals surface area (Å²) in [6.45, 7) is 3.50. The molecule has 0 aliphatic carbocycles. The number of halogens is 1. The predicted molar refractivity (Wildman–Crippen MR) is 94.0 cm³/mol. The van der Waals surface area contributed by atoms with Crippen molar-refractivity contribution in [1.29, 1.82) is 0 Å². The van der Waals surface area contributed by atoms with Crippen LogP contribution in [0.1, 0.15) is 25.5 Å². The molecule has 27 heavy (non-hydrogen) atoms. The monoisotopic (exact) mass is 445 g/mol. The molecule has 3 aliphatic heterocycles. The highest BCUT2D eigenvalue weighted by atomic mass is 79.9. The highest BCUT2D eigenvalue weighted by molar-refractivity contribution is 9.10. The van der Waals surface area contributed by atoms with Crippen LogP contribution >= 0.6 is 15.9 Å². The number of hydrogen-bond acceptors (Lipinski definition) is 8. The van der Waals surface area contributed by atoms with Gasteiger partial charge in [-0.3, -0.25) is 10.1 Å². The van der Waals surface area contributed by atoms with Gasteiger partial charge in [-0.1, -0.05) is 18.2 Å². The van der Waals surface area contributed by atoms with Gasteiger partial charge in [0.2, 0.25) is 6.10 Å². The van der Waals surface area contributed by atoms with Crippen molar-refractivity contribution in [3.63, 3.8) is 0 Å². The Balaban J connectivity index is 1.73. The molecule has 0 spiro atoms. The van der Waals surface area contributed by atoms with Crippen molar-refractivity contribution in [2.75, 3.05) is 7.11 Å². The lowest BCUT2D eigenvalue weighted by Gasteiger charge is -2.41. The minimum Gasteiger partial charge on any atom is -0.478 e. The smallest absolute Gasteiger partial charge is 0.342 e. The van der Waals surface area contributed by atoms with E-state index >= 15 is 0 Å². The summed E-state index contributed by atoms with van der Waals surface area (Å²) in [7, 11) is 1.47. The molecule has 1 N–H and O–H groups in total. The molecule has 10 heteroatoms. The molecule has 4 rings (SSSR count). The maximum absolute atomic E-state index is 12.0. The van der Waals surface area contributed by atoms with Crippen LogP contribution in [0.2, 0.25) is 0 Å². The Labute approximate surface area is 163 Å². The first kappa shape index (κ1) is 19.0. The Morgan fingerprint density at radius 1 is 1.26 bits per heavy atom. The lowest BCUT2D eigenvalue weighted by atomic mass is 9.89. The van der Waals surface area contributed by atoms with Crippen LogP contribution in [0.3, 0.4) is 0 Å². The van der Waals surface area contributed by atoms with Crippen LogP contribution in [0.25, 0.3) is 0 Å². The van der Waals surface area contributed by atoms with Crippen molar-refractivity contribution in [3.05, 3.63) is 39.9 Å². The molecule has 2 fully saturated rings. The summed E-state index contributed by atoms with van der Waals surface area (Å²) in [5.41, 5.74) is 0.322. The van der Waals surface area contributed by atoms with Crippen LogP contribution in [-0.4, -0.2) is 58.1 Å². The van der Waals surface area contributed by atoms with E-state index in [-0.39, 0.29) is 0 Å². The Hall–Kier alpha value is -1.30. The number of methoxy groups -OCH3 is 1. The van der Waals surface area contributed by atoms with Crippen molar-refractivity contribution in [2.24, 2.45) is 0 Å². The van der Waals surface area contributed by atoms with Gasteiger partial charge in [0.1, 0.15) is 24.1 Å². The summed E-state index contributed by atoms with van der Waals surface area (Å²) in [6, 6.07) is 6.63. The average molecular weight is 446 g/mol. The van der Waals surface area contributed by atoms with Gasteiger partial charge in [0.15, 0.2) is 18.2 Å². The summed E-state index contributed by atoms with van der Waals surface area (Å²) in [4.78, 5) is 11.4. The van der Waals surface area contributed by atoms with Crippen molar-refractivity contribution in [1.82, 2.24) is 0 Å². The van der Waals surface area contributed by atoms with Crippen molar-refractivity contribution < 1.29 is 33.7 Å². The molecule has 3 aliphatic rings. The summed E-state index contributed by atoms with van der Waals surface area (Å²) in [5, 5.41) is 22.8. The van der Waals surface area contributed by atoms with E-state index in [1.807, 2.05) is 0 Å². The van der Waals surface area contributed by atoms with Crippen LogP contribution in [0.15, 0.2) is 24.3 Å². The van der Waals surface area contributed by atoms with Gasteiger partial charge < -0.3 is 28.8 Å². The van der Waals surface area contributed by atoms with Gasteiger partial charge in [-0.25, -0.2) is 0 Å². The van der Waals surface area contributed by atoms with E-state index in [0.29, 0.717) is 11.3 Å². The minimum atomic E-state index is -2.03. The number of fused-ring (bicyclic) bond motifs is 2. The molecule has 1 aromatic carbocycles. The highest BCUT2D eigenvalue weighted by Crippen LogP contribution is 2.51. The Morgan fingerprint density at radius 2 is 1.96 bits per heavy atom. The molecule has 0 bridgehead atoms. The third-order valence-electron chi connectivity index (χ3n) is 5.13. The second-order valence-corrected chi connectivity index (χ2v) is 8.50. The third-order valence-corrected chi connectivity index (χ3v) is 6.30. The molecular formula is C17H20BrNO8. The maximum Gasteiger partial charge on any atom is 0.342 e. The first-order valence-corrected chi connectivity index (χ1v) is 9.29. The summed E-state index contributed by atoms with van der Waals surface area (Å²) >= 11 is 3.14. The number of benzene rings is 1. The van der Waals surface area contributed by atoms with E-state index in [1.54, 1.807) is 38.1 Å². The third kappa shape index (κ3) is 2.78. The molecule has 1 aromatic rings. The van der Waals surface area contributed by atoms with Crippen LogP contribution in [0.5, 0.6) is 5.75 Å². The summed E-state index contributed by atoms with van der Waals surface area (Å²) in [6.07, 6.45) is -5.57. The number of hydrogen-bond donors (Lipinski definition) is 1. The van der Waals surface area contributed by atoms with Gasteiger partial charge in [0.25, 0.3) is 0 Å². The molecule has 0 unspecified atom stereocenters. The molecule has 0 amide bonds. The van der Waals surface area contributed by atoms with Gasteiger partial charge in [-0.05, 0) is 19.9 Å². The fraction of sp³-hybridized carbons (Fsp3) is 0.647. The molecule has 2 saturated heterocycles. The highest BCUT2D eigenvalue weighted by Gasteiger charge is 2.68. The number of aliphatic hydroxyl groups excluding tert-OH is 1. The van der Waals surface area contributed by atoms with Gasteiger partial charge in [-0.2, -0.15) is 0 Å². The number of nitro groups is 1. The zero-order valence-electron chi connectivity index (χ0n) is 14.9. The molecule has 0 saturated carbocycles. The SMILES string of the molecule is CO[C@@H]1[C@H]2OC(C)(C)O[C@H]2O[C@@H]1[C@@H]1Oc2ccccc2[C@H](O)[C@@]1(Br)[N+](=O)[O-]. The fourth-order valence-electron chi connectivity index (χ4n) is 3.92. The van der Waals surface area contributed by atoms with E-state index in [4.69, 9.17) is 23.7 Å². The lowest BCUT2D eigenvalue weighted by Crippen LogP contribution is -2.61. The molecule has 0 aromatic heterocycles. The molecule has 7 atom stereocenters. The van der Waals surface area contributed by atoms with E-state index in [2.05, 4.69) is 15.9 Å². The number of nitrogens with zero attached hydrogens (tertiary/aromatic N) is 1. The predicted octanol–water partition coefficient (Wildman–Crippen LogP) is 1.74. The summed E-state index contributed by atoms with van der Waals surface area (Å²) < 4.78 is 27.0. The minimum absolute atomic E-state index is 0.322. The lowest BCUT2D eigenvalue weighted by molar-refractivity contribution is -0.565. The topological polar surface area (TPSA) is 110 Å². The second kappa shape index (κ2) is 6.36. The molecule has 3 heterocycles. The fourth-order valence-corrected chi connectivity index (χ4v) is 4.52. The van der Waals surface area contributed by atoms with E-state index in [9.17, 15) is 15.2 Å². The zero-order valence-corrected chi connectivity index (χ0v) is 16.5. The van der Waals surface area contributed by atoms with Gasteiger partial charge in [0, 0.05) is 33.5 Å². The Morgan fingerprint density at radius 3 is 2.63 bits per heavy atom.